The molecule has 3 fully saturated rings. The fourth-order valence-electron chi connectivity index (χ4n) is 5.01. The molecule has 33 heavy (non-hydrogen) atoms. The van der Waals surface area contributed by atoms with Crippen molar-refractivity contribution in [3.05, 3.63) is 38.2 Å². The van der Waals surface area contributed by atoms with Gasteiger partial charge in [-0.15, -0.1) is 0 Å². The van der Waals surface area contributed by atoms with Crippen molar-refractivity contribution < 1.29 is 14.3 Å². The molecule has 2 aliphatic heterocycles. The van der Waals surface area contributed by atoms with Crippen LogP contribution in [0.1, 0.15) is 48.2 Å². The molecule has 2 aromatic rings. The van der Waals surface area contributed by atoms with Crippen molar-refractivity contribution in [2.24, 2.45) is 5.92 Å². The molecule has 2 unspecified atom stereocenters. The van der Waals surface area contributed by atoms with E-state index in [9.17, 15) is 14.4 Å². The van der Waals surface area contributed by atoms with Crippen molar-refractivity contribution in [2.45, 2.75) is 44.7 Å². The molecule has 0 aromatic carbocycles. The number of morpholine rings is 1. The summed E-state index contributed by atoms with van der Waals surface area (Å²) in [5.74, 6) is 0.305. The third-order valence-electron chi connectivity index (χ3n) is 7.02. The number of hydrogen-bond donors (Lipinski definition) is 2. The highest BCUT2D eigenvalue weighted by Gasteiger charge is 2.33. The number of amides is 1. The average Bonchev–Trinajstić information content (AvgIpc) is 3.54. The zero-order valence-corrected chi connectivity index (χ0v) is 19.0. The molecule has 178 valence electrons. The Hall–Kier alpha value is -2.56. The van der Waals surface area contributed by atoms with Crippen LogP contribution in [0.3, 0.4) is 0 Å². The van der Waals surface area contributed by atoms with Crippen LogP contribution in [0.15, 0.2) is 15.7 Å². The van der Waals surface area contributed by atoms with Gasteiger partial charge >= 0.3 is 5.69 Å². The molecule has 2 saturated heterocycles. The summed E-state index contributed by atoms with van der Waals surface area (Å²) in [6.07, 6.45) is 2.96. The number of aryl methyl sites for hydroxylation is 1. The molecule has 10 heteroatoms. The first-order valence-corrected chi connectivity index (χ1v) is 11.9. The van der Waals surface area contributed by atoms with Crippen molar-refractivity contribution in [2.75, 3.05) is 46.1 Å². The van der Waals surface area contributed by atoms with Crippen LogP contribution in [0.4, 0.5) is 0 Å². The summed E-state index contributed by atoms with van der Waals surface area (Å²) in [7, 11) is 0. The quantitative estimate of drug-likeness (QED) is 0.620. The van der Waals surface area contributed by atoms with E-state index >= 15 is 0 Å². The van der Waals surface area contributed by atoms with Crippen LogP contribution in [-0.4, -0.2) is 77.4 Å². The van der Waals surface area contributed by atoms with Gasteiger partial charge in [0.1, 0.15) is 0 Å². The van der Waals surface area contributed by atoms with Gasteiger partial charge in [-0.2, -0.15) is 0 Å². The second kappa shape index (κ2) is 9.36. The number of H-pyrrole nitrogens is 1. The molecule has 1 amide bonds. The van der Waals surface area contributed by atoms with E-state index in [2.05, 4.69) is 20.2 Å². The number of pyridine rings is 1. The van der Waals surface area contributed by atoms with Gasteiger partial charge in [-0.3, -0.25) is 24.0 Å². The second-order valence-electron chi connectivity index (χ2n) is 9.12. The van der Waals surface area contributed by atoms with Crippen molar-refractivity contribution in [3.8, 4) is 0 Å². The van der Waals surface area contributed by atoms with Crippen LogP contribution in [0.5, 0.6) is 0 Å². The number of aromatic nitrogens is 3. The van der Waals surface area contributed by atoms with Crippen LogP contribution in [0.2, 0.25) is 0 Å². The lowest BCUT2D eigenvalue weighted by Gasteiger charge is -2.37. The highest BCUT2D eigenvalue weighted by Crippen LogP contribution is 2.39. The molecular formula is C23H31N5O5. The first kappa shape index (κ1) is 22.2. The number of nitrogens with one attached hydrogen (secondary N) is 2. The molecule has 4 heterocycles. The molecule has 0 spiro atoms. The lowest BCUT2D eigenvalue weighted by atomic mass is 9.96. The SMILES string of the molecule is CCn1c(=O)[nH]c(=O)c2c(C(=O)NCC(C3CCOC3)N3CCOCC3)cc(C3CC3)nc21. The Labute approximate surface area is 191 Å². The fourth-order valence-corrected chi connectivity index (χ4v) is 5.01. The van der Waals surface area contributed by atoms with Gasteiger partial charge in [0.15, 0.2) is 5.65 Å². The topological polar surface area (TPSA) is 119 Å². The molecule has 3 aliphatic rings. The predicted octanol–water partition coefficient (Wildman–Crippen LogP) is 0.449. The second-order valence-corrected chi connectivity index (χ2v) is 9.12. The molecule has 2 N–H and O–H groups in total. The molecule has 0 bridgehead atoms. The molecule has 10 nitrogen and oxygen atoms in total. The van der Waals surface area contributed by atoms with Gasteiger partial charge in [0.2, 0.25) is 0 Å². The largest absolute Gasteiger partial charge is 0.381 e. The summed E-state index contributed by atoms with van der Waals surface area (Å²) >= 11 is 0. The monoisotopic (exact) mass is 457 g/mol. The first-order valence-electron chi connectivity index (χ1n) is 11.9. The van der Waals surface area contributed by atoms with E-state index in [4.69, 9.17) is 9.47 Å². The normalized spacial score (nSPS) is 22.5. The minimum absolute atomic E-state index is 0.142. The van der Waals surface area contributed by atoms with Crippen molar-refractivity contribution in [1.29, 1.82) is 0 Å². The third-order valence-corrected chi connectivity index (χ3v) is 7.02. The number of nitrogens with zero attached hydrogens (tertiary/aromatic N) is 3. The van der Waals surface area contributed by atoms with Crippen LogP contribution in [-0.2, 0) is 16.0 Å². The molecule has 2 atom stereocenters. The van der Waals surface area contributed by atoms with E-state index in [-0.39, 0.29) is 34.5 Å². The summed E-state index contributed by atoms with van der Waals surface area (Å²) in [6.45, 7) is 7.07. The number of hydrogen-bond acceptors (Lipinski definition) is 7. The molecule has 5 rings (SSSR count). The number of carbonyl (C=O) groups excluding carboxylic acids is 1. The number of aromatic amines is 1. The molecular weight excluding hydrogens is 426 g/mol. The van der Waals surface area contributed by atoms with Gasteiger partial charge in [0.25, 0.3) is 11.5 Å². The van der Waals surface area contributed by atoms with E-state index < -0.39 is 11.2 Å². The van der Waals surface area contributed by atoms with Gasteiger partial charge in [0.05, 0.1) is 30.8 Å². The van der Waals surface area contributed by atoms with Crippen molar-refractivity contribution >= 4 is 16.9 Å². The number of carbonyl (C=O) groups is 1. The standard InChI is InChI=1S/C23H31N5O5/c1-2-28-20-19(22(30)26-23(28)31)16(11-17(25-20)14-3-4-14)21(29)24-12-18(15-5-8-33-13-15)27-6-9-32-10-7-27/h11,14-15,18H,2-10,12-13H2,1H3,(H,24,29)(H,26,30,31). The number of fused-ring (bicyclic) bond motifs is 1. The number of ether oxygens (including phenoxy) is 2. The van der Waals surface area contributed by atoms with Gasteiger partial charge in [-0.25, -0.2) is 9.78 Å². The third kappa shape index (κ3) is 4.47. The van der Waals surface area contributed by atoms with E-state index in [1.807, 2.05) is 6.92 Å². The Bertz CT molecular complexity index is 1140. The highest BCUT2D eigenvalue weighted by atomic mass is 16.5. The zero-order chi connectivity index (χ0) is 22.9. The summed E-state index contributed by atoms with van der Waals surface area (Å²) in [6, 6.07) is 1.88. The summed E-state index contributed by atoms with van der Waals surface area (Å²) in [5, 5.41) is 3.26. The van der Waals surface area contributed by atoms with E-state index in [0.717, 1.165) is 44.7 Å². The molecule has 1 saturated carbocycles. The lowest BCUT2D eigenvalue weighted by Crippen LogP contribution is -2.52. The van der Waals surface area contributed by atoms with Gasteiger partial charge in [-0.1, -0.05) is 0 Å². The lowest BCUT2D eigenvalue weighted by molar-refractivity contribution is 0.00167. The van der Waals surface area contributed by atoms with Crippen LogP contribution in [0.25, 0.3) is 11.0 Å². The Morgan fingerprint density at radius 1 is 1.21 bits per heavy atom. The van der Waals surface area contributed by atoms with Crippen LogP contribution in [0, 0.1) is 5.92 Å². The smallest absolute Gasteiger partial charge is 0.329 e. The maximum absolute atomic E-state index is 13.4. The van der Waals surface area contributed by atoms with Gasteiger partial charge in [-0.05, 0) is 32.3 Å². The van der Waals surface area contributed by atoms with Crippen LogP contribution < -0.4 is 16.6 Å². The number of rotatable bonds is 7. The summed E-state index contributed by atoms with van der Waals surface area (Å²) < 4.78 is 12.6. The highest BCUT2D eigenvalue weighted by molar-refractivity contribution is 6.05. The Morgan fingerprint density at radius 2 is 2.00 bits per heavy atom. The fraction of sp³-hybridized carbons (Fsp3) is 0.652. The molecule has 2 aromatic heterocycles. The minimum Gasteiger partial charge on any atom is -0.381 e. The maximum Gasteiger partial charge on any atom is 0.329 e. The van der Waals surface area contributed by atoms with E-state index in [1.54, 1.807) is 6.07 Å². The molecule has 1 aliphatic carbocycles. The van der Waals surface area contributed by atoms with E-state index in [1.165, 1.54) is 4.57 Å². The van der Waals surface area contributed by atoms with Gasteiger partial charge in [0, 0.05) is 56.4 Å². The maximum atomic E-state index is 13.4. The molecule has 0 radical (unpaired) electrons. The van der Waals surface area contributed by atoms with Gasteiger partial charge < -0.3 is 14.8 Å². The van der Waals surface area contributed by atoms with Crippen molar-refractivity contribution in [3.63, 3.8) is 0 Å². The summed E-state index contributed by atoms with van der Waals surface area (Å²) in [4.78, 5) is 47.9. The average molecular weight is 458 g/mol. The summed E-state index contributed by atoms with van der Waals surface area (Å²) in [5.41, 5.74) is 0.265. The van der Waals surface area contributed by atoms with Crippen LogP contribution >= 0.6 is 0 Å². The van der Waals surface area contributed by atoms with E-state index in [0.29, 0.717) is 38.8 Å². The Morgan fingerprint density at radius 3 is 2.67 bits per heavy atom. The first-order chi connectivity index (χ1) is 16.1. The Balaban J connectivity index is 1.47. The Kier molecular flexibility index (Phi) is 6.31. The minimum atomic E-state index is -0.575. The predicted molar refractivity (Wildman–Crippen MR) is 122 cm³/mol. The van der Waals surface area contributed by atoms with Crippen molar-refractivity contribution in [1.82, 2.24) is 24.8 Å². The zero-order valence-electron chi connectivity index (χ0n) is 19.0.